The summed E-state index contributed by atoms with van der Waals surface area (Å²) in [7, 11) is 0. The Labute approximate surface area is 177 Å². The second kappa shape index (κ2) is 9.76. The maximum Gasteiger partial charge on any atom is 0.223 e. The Morgan fingerprint density at radius 3 is 2.66 bits per heavy atom. The van der Waals surface area contributed by atoms with Crippen LogP contribution in [0.3, 0.4) is 0 Å². The van der Waals surface area contributed by atoms with Crippen LogP contribution in [0, 0.1) is 11.6 Å². The quantitative estimate of drug-likeness (QED) is 0.226. The fraction of sp³-hybridized carbons (Fsp3) is 0.200. The van der Waals surface area contributed by atoms with Gasteiger partial charge in [0.05, 0.1) is 19.4 Å². The molecule has 0 aliphatic heterocycles. The molecule has 0 aliphatic carbocycles. The Bertz CT molecular complexity index is 1010. The second-order valence-electron chi connectivity index (χ2n) is 6.09. The number of hydrogen-bond donors (Lipinski definition) is 2. The molecular formula is C20H18ClF2N3O2S. The molecule has 0 saturated heterocycles. The van der Waals surface area contributed by atoms with Crippen LogP contribution < -0.4 is 15.2 Å². The lowest BCUT2D eigenvalue weighted by Crippen LogP contribution is -2.06. The topological polar surface area (TPSA) is 70.3 Å². The lowest BCUT2D eigenvalue weighted by atomic mass is 10.1. The highest BCUT2D eigenvalue weighted by atomic mass is 35.5. The van der Waals surface area contributed by atoms with Crippen LogP contribution in [0.2, 0.25) is 5.28 Å². The van der Waals surface area contributed by atoms with Gasteiger partial charge >= 0.3 is 0 Å². The van der Waals surface area contributed by atoms with E-state index in [1.54, 1.807) is 6.07 Å². The van der Waals surface area contributed by atoms with Crippen LogP contribution in [-0.4, -0.2) is 23.2 Å². The fourth-order valence-corrected chi connectivity index (χ4v) is 2.95. The molecule has 2 N–H and O–H groups in total. The molecule has 0 fully saturated rings. The highest BCUT2D eigenvalue weighted by molar-refractivity contribution is 7.79. The molecule has 2 aromatic carbocycles. The number of nitrogens with two attached hydrogens (primary N) is 1. The van der Waals surface area contributed by atoms with Gasteiger partial charge in [-0.2, -0.15) is 12.6 Å². The van der Waals surface area contributed by atoms with Gasteiger partial charge in [0, 0.05) is 35.6 Å². The van der Waals surface area contributed by atoms with Crippen molar-refractivity contribution in [2.24, 2.45) is 0 Å². The van der Waals surface area contributed by atoms with Gasteiger partial charge in [-0.1, -0.05) is 0 Å². The molecule has 0 saturated carbocycles. The van der Waals surface area contributed by atoms with Gasteiger partial charge in [-0.15, -0.1) is 0 Å². The van der Waals surface area contributed by atoms with E-state index < -0.39 is 11.6 Å². The summed E-state index contributed by atoms with van der Waals surface area (Å²) in [6.07, 6.45) is 1.46. The SMILES string of the molecule is Nc1cc(CS)cc(OCCCOc2cc(F)ccc2-c2nc(Cl)ncc2F)c1. The Balaban J connectivity index is 1.63. The van der Waals surface area contributed by atoms with E-state index in [0.29, 0.717) is 30.2 Å². The smallest absolute Gasteiger partial charge is 0.223 e. The van der Waals surface area contributed by atoms with Crippen molar-refractivity contribution in [3.8, 4) is 22.8 Å². The monoisotopic (exact) mass is 437 g/mol. The minimum atomic E-state index is -0.684. The van der Waals surface area contributed by atoms with Gasteiger partial charge in [0.1, 0.15) is 23.0 Å². The van der Waals surface area contributed by atoms with Gasteiger partial charge in [-0.25, -0.2) is 18.7 Å². The first kappa shape index (κ1) is 21.1. The molecule has 1 heterocycles. The van der Waals surface area contributed by atoms with Crippen molar-refractivity contribution in [3.63, 3.8) is 0 Å². The van der Waals surface area contributed by atoms with E-state index in [9.17, 15) is 8.78 Å². The third-order valence-electron chi connectivity index (χ3n) is 3.90. The average Bonchev–Trinajstić information content (AvgIpc) is 2.69. The summed E-state index contributed by atoms with van der Waals surface area (Å²) in [6, 6.07) is 9.15. The minimum absolute atomic E-state index is 0.0599. The van der Waals surface area contributed by atoms with Crippen LogP contribution in [-0.2, 0) is 5.75 Å². The third-order valence-corrected chi connectivity index (χ3v) is 4.45. The van der Waals surface area contributed by atoms with Crippen molar-refractivity contribution in [2.45, 2.75) is 12.2 Å². The highest BCUT2D eigenvalue weighted by Crippen LogP contribution is 2.31. The first-order valence-electron chi connectivity index (χ1n) is 8.70. The van der Waals surface area contributed by atoms with Crippen LogP contribution in [0.5, 0.6) is 11.5 Å². The third kappa shape index (κ3) is 5.71. The molecule has 0 spiro atoms. The Kier molecular flexibility index (Phi) is 7.11. The Hall–Kier alpha value is -2.58. The molecule has 1 aromatic heterocycles. The molecule has 0 aliphatic rings. The summed E-state index contributed by atoms with van der Waals surface area (Å²) in [5, 5.41) is -0.118. The predicted molar refractivity (Wildman–Crippen MR) is 112 cm³/mol. The largest absolute Gasteiger partial charge is 0.493 e. The Morgan fingerprint density at radius 1 is 1.07 bits per heavy atom. The van der Waals surface area contributed by atoms with Crippen LogP contribution in [0.25, 0.3) is 11.3 Å². The number of nitrogens with zero attached hydrogens (tertiary/aromatic N) is 2. The number of anilines is 1. The fourth-order valence-electron chi connectivity index (χ4n) is 2.64. The summed E-state index contributed by atoms with van der Waals surface area (Å²) in [4.78, 5) is 7.46. The van der Waals surface area contributed by atoms with Crippen molar-refractivity contribution >= 4 is 29.9 Å². The number of ether oxygens (including phenoxy) is 2. The molecule has 0 bridgehead atoms. The van der Waals surface area contributed by atoms with E-state index in [4.69, 9.17) is 26.8 Å². The van der Waals surface area contributed by atoms with Gasteiger partial charge in [-0.3, -0.25) is 0 Å². The molecule has 0 unspecified atom stereocenters. The standard InChI is InChI=1S/C20H18ClF2N3O2S/c21-20-25-10-17(23)19(26-20)16-3-2-13(22)8-18(16)28-5-1-4-27-15-7-12(11-29)6-14(24)9-15/h2-3,6-10,29H,1,4-5,11,24H2. The summed E-state index contributed by atoms with van der Waals surface area (Å²) in [6.45, 7) is 0.576. The molecule has 5 nitrogen and oxygen atoms in total. The number of thiol groups is 1. The van der Waals surface area contributed by atoms with Crippen LogP contribution in [0.1, 0.15) is 12.0 Å². The molecule has 3 aromatic rings. The maximum atomic E-state index is 14.1. The van der Waals surface area contributed by atoms with Crippen molar-refractivity contribution in [2.75, 3.05) is 18.9 Å². The van der Waals surface area contributed by atoms with Gasteiger partial charge in [0.15, 0.2) is 5.82 Å². The number of halogens is 3. The number of nitrogen functional groups attached to an aromatic ring is 1. The summed E-state index contributed by atoms with van der Waals surface area (Å²) >= 11 is 9.98. The minimum Gasteiger partial charge on any atom is -0.493 e. The summed E-state index contributed by atoms with van der Waals surface area (Å²) in [5.41, 5.74) is 7.60. The number of benzene rings is 2. The summed E-state index contributed by atoms with van der Waals surface area (Å²) in [5.74, 6) is 0.143. The van der Waals surface area contributed by atoms with Crippen LogP contribution in [0.15, 0.2) is 42.6 Å². The maximum absolute atomic E-state index is 14.1. The van der Waals surface area contributed by atoms with Gasteiger partial charge in [0.2, 0.25) is 5.28 Å². The number of aromatic nitrogens is 2. The molecule has 152 valence electrons. The lowest BCUT2D eigenvalue weighted by molar-refractivity contribution is 0.247. The van der Waals surface area contributed by atoms with Crippen molar-refractivity contribution in [3.05, 3.63) is 65.1 Å². The number of rotatable bonds is 8. The first-order valence-corrected chi connectivity index (χ1v) is 9.71. The van der Waals surface area contributed by atoms with Crippen molar-refractivity contribution in [1.82, 2.24) is 9.97 Å². The predicted octanol–water partition coefficient (Wildman–Crippen LogP) is 4.94. The molecule has 0 atom stereocenters. The Morgan fingerprint density at radius 2 is 1.86 bits per heavy atom. The van der Waals surface area contributed by atoms with E-state index in [1.165, 1.54) is 18.2 Å². The van der Waals surface area contributed by atoms with E-state index in [1.807, 2.05) is 12.1 Å². The second-order valence-corrected chi connectivity index (χ2v) is 6.75. The van der Waals surface area contributed by atoms with E-state index >= 15 is 0 Å². The zero-order valence-electron chi connectivity index (χ0n) is 15.2. The van der Waals surface area contributed by atoms with Crippen molar-refractivity contribution < 1.29 is 18.3 Å². The molecule has 3 rings (SSSR count). The van der Waals surface area contributed by atoms with Crippen molar-refractivity contribution in [1.29, 1.82) is 0 Å². The lowest BCUT2D eigenvalue weighted by Gasteiger charge is -2.13. The molecular weight excluding hydrogens is 420 g/mol. The molecule has 9 heteroatoms. The van der Waals surface area contributed by atoms with Gasteiger partial charge in [-0.05, 0) is 41.4 Å². The van der Waals surface area contributed by atoms with Crippen LogP contribution in [0.4, 0.5) is 14.5 Å². The zero-order valence-corrected chi connectivity index (χ0v) is 16.9. The molecule has 29 heavy (non-hydrogen) atoms. The van der Waals surface area contributed by atoms with Crippen LogP contribution >= 0.6 is 24.2 Å². The zero-order chi connectivity index (χ0) is 20.8. The number of hydrogen-bond acceptors (Lipinski definition) is 6. The van der Waals surface area contributed by atoms with Gasteiger partial charge < -0.3 is 15.2 Å². The first-order chi connectivity index (χ1) is 14.0. The average molecular weight is 438 g/mol. The van der Waals surface area contributed by atoms with E-state index in [-0.39, 0.29) is 28.9 Å². The van der Waals surface area contributed by atoms with E-state index in [0.717, 1.165) is 11.8 Å². The molecule has 0 radical (unpaired) electrons. The normalized spacial score (nSPS) is 10.8. The molecule has 0 amide bonds. The summed E-state index contributed by atoms with van der Waals surface area (Å²) < 4.78 is 39.1. The highest BCUT2D eigenvalue weighted by Gasteiger charge is 2.15. The van der Waals surface area contributed by atoms with E-state index in [2.05, 4.69) is 22.6 Å². The van der Waals surface area contributed by atoms with Gasteiger partial charge in [0.25, 0.3) is 0 Å².